The molecule has 0 radical (unpaired) electrons. The molecule has 26 heavy (non-hydrogen) atoms. The molecule has 1 saturated heterocycles. The van der Waals surface area contributed by atoms with Crippen LogP contribution in [-0.4, -0.2) is 52.4 Å². The molecule has 0 aromatic rings. The first kappa shape index (κ1) is 18.0. The molecule has 2 heterocycles. The Morgan fingerprint density at radius 1 is 1.08 bits per heavy atom. The van der Waals surface area contributed by atoms with Crippen LogP contribution in [-0.2, 0) is 33.6 Å². The molecule has 0 N–H and O–H groups in total. The Balaban J connectivity index is 1.60. The van der Waals surface area contributed by atoms with Gasteiger partial charge in [-0.3, -0.25) is 24.1 Å². The lowest BCUT2D eigenvalue weighted by molar-refractivity contribution is -0.206. The van der Waals surface area contributed by atoms with E-state index in [2.05, 4.69) is 0 Å². The first-order valence-corrected chi connectivity index (χ1v) is 8.44. The van der Waals surface area contributed by atoms with Gasteiger partial charge in [0.25, 0.3) is 23.6 Å². The summed E-state index contributed by atoms with van der Waals surface area (Å²) in [6.45, 7) is 0.234. The molecule has 1 saturated carbocycles. The summed E-state index contributed by atoms with van der Waals surface area (Å²) < 4.78 is 0. The fourth-order valence-electron chi connectivity index (χ4n) is 3.45. The van der Waals surface area contributed by atoms with Crippen LogP contribution in [0.3, 0.4) is 0 Å². The van der Waals surface area contributed by atoms with Crippen LogP contribution in [0.25, 0.3) is 0 Å². The normalized spacial score (nSPS) is 28.8. The summed E-state index contributed by atoms with van der Waals surface area (Å²) in [6.07, 6.45) is 4.09. The number of imide groups is 2. The highest BCUT2D eigenvalue weighted by atomic mass is 16.7. The van der Waals surface area contributed by atoms with Gasteiger partial charge in [0.05, 0.1) is 0 Å². The van der Waals surface area contributed by atoms with Crippen molar-refractivity contribution in [2.75, 3.05) is 6.54 Å². The maximum Gasteiger partial charge on any atom is 0.346 e. The molecule has 9 nitrogen and oxygen atoms in total. The van der Waals surface area contributed by atoms with E-state index in [4.69, 9.17) is 4.84 Å². The molecule has 3 rings (SSSR count). The first-order valence-electron chi connectivity index (χ1n) is 8.44. The van der Waals surface area contributed by atoms with E-state index in [-0.39, 0.29) is 50.0 Å². The molecule has 1 aliphatic carbocycles. The minimum Gasteiger partial charge on any atom is -0.329 e. The van der Waals surface area contributed by atoms with Crippen LogP contribution < -0.4 is 0 Å². The number of hydrogen-bond donors (Lipinski definition) is 0. The summed E-state index contributed by atoms with van der Waals surface area (Å²) >= 11 is 0. The van der Waals surface area contributed by atoms with E-state index in [1.807, 2.05) is 0 Å². The van der Waals surface area contributed by atoms with Crippen molar-refractivity contribution in [3.8, 4) is 0 Å². The van der Waals surface area contributed by atoms with Gasteiger partial charge >= 0.3 is 5.97 Å². The number of aldehydes is 1. The predicted octanol–water partition coefficient (Wildman–Crippen LogP) is -0.106. The molecule has 3 aliphatic rings. The molecular weight excluding hydrogens is 344 g/mol. The zero-order valence-corrected chi connectivity index (χ0v) is 14.0. The summed E-state index contributed by atoms with van der Waals surface area (Å²) in [7, 11) is 0. The van der Waals surface area contributed by atoms with E-state index < -0.39 is 23.2 Å². The smallest absolute Gasteiger partial charge is 0.329 e. The Hall–Kier alpha value is -2.84. The van der Waals surface area contributed by atoms with E-state index in [0.717, 1.165) is 4.90 Å². The maximum absolute atomic E-state index is 12.4. The fraction of sp³-hybridized carbons (Fsp3) is 0.529. The van der Waals surface area contributed by atoms with Gasteiger partial charge in [-0.2, -0.15) is 0 Å². The Bertz CT molecular complexity index is 685. The van der Waals surface area contributed by atoms with Crippen molar-refractivity contribution in [2.24, 2.45) is 11.3 Å². The second-order valence-electron chi connectivity index (χ2n) is 6.80. The number of amides is 4. The highest BCUT2D eigenvalue weighted by Crippen LogP contribution is 2.39. The highest BCUT2D eigenvalue weighted by molar-refractivity contribution is 6.12. The SMILES string of the molecule is O=CC1(C(=O)ON2C(=O)CCC2=O)CCC(CN2C(=O)C=CC2=O)CC1. The molecule has 0 aromatic carbocycles. The van der Waals surface area contributed by atoms with Gasteiger partial charge in [0.2, 0.25) is 0 Å². The van der Waals surface area contributed by atoms with Gasteiger partial charge in [-0.25, -0.2) is 4.79 Å². The van der Waals surface area contributed by atoms with Crippen molar-refractivity contribution >= 4 is 35.9 Å². The third-order valence-electron chi connectivity index (χ3n) is 5.15. The van der Waals surface area contributed by atoms with Crippen LogP contribution in [0.4, 0.5) is 0 Å². The van der Waals surface area contributed by atoms with Crippen molar-refractivity contribution < 1.29 is 33.6 Å². The topological polar surface area (TPSA) is 118 Å². The van der Waals surface area contributed by atoms with Gasteiger partial charge in [0, 0.05) is 31.5 Å². The van der Waals surface area contributed by atoms with Crippen molar-refractivity contribution in [3.05, 3.63) is 12.2 Å². The summed E-state index contributed by atoms with van der Waals surface area (Å²) in [6, 6.07) is 0. The molecule has 0 spiro atoms. The first-order chi connectivity index (χ1) is 12.4. The standard InChI is InChI=1S/C17H18N2O7/c20-10-17(16(25)26-19-14(23)3-4-15(19)24)7-5-11(6-8-17)9-18-12(21)1-2-13(18)22/h1-2,10-11H,3-9H2. The van der Waals surface area contributed by atoms with Crippen molar-refractivity contribution in [1.29, 1.82) is 0 Å². The van der Waals surface area contributed by atoms with Crippen LogP contribution in [0.2, 0.25) is 0 Å². The molecule has 9 heteroatoms. The number of hydrogen-bond acceptors (Lipinski definition) is 7. The van der Waals surface area contributed by atoms with E-state index >= 15 is 0 Å². The lowest BCUT2D eigenvalue weighted by Crippen LogP contribution is -2.45. The molecule has 138 valence electrons. The predicted molar refractivity (Wildman–Crippen MR) is 83.5 cm³/mol. The molecule has 0 atom stereocenters. The van der Waals surface area contributed by atoms with Gasteiger partial charge in [0.1, 0.15) is 11.7 Å². The minimum atomic E-state index is -1.42. The summed E-state index contributed by atoms with van der Waals surface area (Å²) in [5, 5.41) is 0.437. The molecule has 2 aliphatic heterocycles. The zero-order chi connectivity index (χ0) is 18.9. The van der Waals surface area contributed by atoms with Gasteiger partial charge in [-0.05, 0) is 31.6 Å². The second-order valence-corrected chi connectivity index (χ2v) is 6.80. The van der Waals surface area contributed by atoms with E-state index in [0.29, 0.717) is 24.2 Å². The Kier molecular flexibility index (Phi) is 4.71. The average molecular weight is 362 g/mol. The largest absolute Gasteiger partial charge is 0.346 e. The number of nitrogens with zero attached hydrogens (tertiary/aromatic N) is 2. The lowest BCUT2D eigenvalue weighted by Gasteiger charge is -2.35. The Labute approximate surface area is 148 Å². The zero-order valence-electron chi connectivity index (χ0n) is 14.0. The van der Waals surface area contributed by atoms with Crippen LogP contribution in [0, 0.1) is 11.3 Å². The third-order valence-corrected chi connectivity index (χ3v) is 5.15. The van der Waals surface area contributed by atoms with Gasteiger partial charge in [-0.15, -0.1) is 5.06 Å². The minimum absolute atomic E-state index is 0.0196. The van der Waals surface area contributed by atoms with Crippen LogP contribution in [0.1, 0.15) is 38.5 Å². The van der Waals surface area contributed by atoms with Gasteiger partial charge < -0.3 is 9.63 Å². The summed E-state index contributed by atoms with van der Waals surface area (Å²) in [5.74, 6) is -2.88. The monoisotopic (exact) mass is 362 g/mol. The van der Waals surface area contributed by atoms with Crippen molar-refractivity contribution in [2.45, 2.75) is 38.5 Å². The van der Waals surface area contributed by atoms with Crippen LogP contribution in [0.15, 0.2) is 12.2 Å². The fourth-order valence-corrected chi connectivity index (χ4v) is 3.45. The average Bonchev–Trinajstić information content (AvgIpc) is 3.12. The van der Waals surface area contributed by atoms with E-state index in [1.54, 1.807) is 0 Å². The molecule has 4 amide bonds. The number of hydroxylamine groups is 2. The summed E-state index contributed by atoms with van der Waals surface area (Å²) in [5.41, 5.74) is -1.42. The lowest BCUT2D eigenvalue weighted by atomic mass is 9.71. The molecular formula is C17H18N2O7. The van der Waals surface area contributed by atoms with Gasteiger partial charge in [0.15, 0.2) is 0 Å². The summed E-state index contributed by atoms with van der Waals surface area (Å²) in [4.78, 5) is 76.4. The quantitative estimate of drug-likeness (QED) is 0.380. The van der Waals surface area contributed by atoms with Crippen LogP contribution in [0.5, 0.6) is 0 Å². The molecule has 0 aromatic heterocycles. The molecule has 2 fully saturated rings. The van der Waals surface area contributed by atoms with Crippen LogP contribution >= 0.6 is 0 Å². The molecule has 0 bridgehead atoms. The van der Waals surface area contributed by atoms with E-state index in [1.165, 1.54) is 12.2 Å². The van der Waals surface area contributed by atoms with E-state index in [9.17, 15) is 28.8 Å². The Morgan fingerprint density at radius 2 is 1.62 bits per heavy atom. The Morgan fingerprint density at radius 3 is 2.12 bits per heavy atom. The highest BCUT2D eigenvalue weighted by Gasteiger charge is 2.46. The number of rotatable bonds is 5. The number of carbonyl (C=O) groups excluding carboxylic acids is 6. The van der Waals surface area contributed by atoms with Gasteiger partial charge in [-0.1, -0.05) is 0 Å². The van der Waals surface area contributed by atoms with Crippen molar-refractivity contribution in [1.82, 2.24) is 9.96 Å². The second kappa shape index (κ2) is 6.81. The molecule has 0 unspecified atom stereocenters. The maximum atomic E-state index is 12.4. The number of carbonyl (C=O) groups is 6. The third kappa shape index (κ3) is 3.16. The van der Waals surface area contributed by atoms with Crippen molar-refractivity contribution in [3.63, 3.8) is 0 Å².